The maximum absolute atomic E-state index is 14.0. The maximum atomic E-state index is 14.0. The van der Waals surface area contributed by atoms with Gasteiger partial charge >= 0.3 is 0 Å². The molecule has 2 atom stereocenters. The van der Waals surface area contributed by atoms with E-state index in [4.69, 9.17) is 4.74 Å². The summed E-state index contributed by atoms with van der Waals surface area (Å²) in [6, 6.07) is 17.4. The number of anilines is 1. The van der Waals surface area contributed by atoms with Crippen LogP contribution in [0.3, 0.4) is 0 Å². The number of rotatable bonds is 13. The molecule has 2 amide bonds. The molecule has 8 nitrogen and oxygen atoms in total. The number of hydrogen-bond acceptors (Lipinski definition) is 5. The van der Waals surface area contributed by atoms with Crippen LogP contribution in [-0.2, 0) is 26.2 Å². The molecular formula is C31H38FN3O5S. The fraction of sp³-hybridized carbons (Fsp3) is 0.355. The topological polar surface area (TPSA) is 96.0 Å². The summed E-state index contributed by atoms with van der Waals surface area (Å²) in [5.74, 6) is -0.842. The quantitative estimate of drug-likeness (QED) is 0.304. The first-order valence-electron chi connectivity index (χ1n) is 13.6. The Labute approximate surface area is 242 Å². The van der Waals surface area contributed by atoms with Gasteiger partial charge in [-0.2, -0.15) is 0 Å². The fourth-order valence-corrected chi connectivity index (χ4v) is 5.68. The first-order valence-corrected chi connectivity index (χ1v) is 15.0. The lowest BCUT2D eigenvalue weighted by Gasteiger charge is -2.33. The van der Waals surface area contributed by atoms with Crippen LogP contribution in [-0.4, -0.2) is 50.9 Å². The summed E-state index contributed by atoms with van der Waals surface area (Å²) in [4.78, 5) is 28.7. The standard InChI is InChI=1S/C31H38FN3O5S/c1-6-23(4)33-31(37)29(7-2)34(20-24-10-12-25(32)13-11-24)30(36)21-35(26-14-8-22(3)9-15-26)41(38,39)28-18-16-27(40-5)17-19-28/h8-19,23,29H,6-7,20-21H2,1-5H3,(H,33,37)/t23-,29+/m0/s1. The van der Waals surface area contributed by atoms with Crippen molar-refractivity contribution in [3.63, 3.8) is 0 Å². The molecule has 0 spiro atoms. The molecule has 0 saturated carbocycles. The summed E-state index contributed by atoms with van der Waals surface area (Å²) in [6.45, 7) is 6.93. The fourth-order valence-electron chi connectivity index (χ4n) is 4.26. The van der Waals surface area contributed by atoms with Crippen LogP contribution in [0.1, 0.15) is 44.7 Å². The summed E-state index contributed by atoms with van der Waals surface area (Å²) in [6.07, 6.45) is 1.00. The van der Waals surface area contributed by atoms with Crippen molar-refractivity contribution in [2.24, 2.45) is 0 Å². The molecule has 0 unspecified atom stereocenters. The lowest BCUT2D eigenvalue weighted by molar-refractivity contribution is -0.140. The largest absolute Gasteiger partial charge is 0.497 e. The maximum Gasteiger partial charge on any atom is 0.264 e. The van der Waals surface area contributed by atoms with E-state index in [1.807, 2.05) is 20.8 Å². The lowest BCUT2D eigenvalue weighted by Crippen LogP contribution is -2.53. The van der Waals surface area contributed by atoms with Gasteiger partial charge in [0.15, 0.2) is 0 Å². The predicted molar refractivity (Wildman–Crippen MR) is 158 cm³/mol. The van der Waals surface area contributed by atoms with Crippen molar-refractivity contribution in [2.75, 3.05) is 18.0 Å². The van der Waals surface area contributed by atoms with Gasteiger partial charge < -0.3 is 15.0 Å². The lowest BCUT2D eigenvalue weighted by atomic mass is 10.1. The molecule has 0 saturated heterocycles. The third kappa shape index (κ3) is 8.07. The van der Waals surface area contributed by atoms with E-state index in [0.29, 0.717) is 29.8 Å². The number of amides is 2. The Kier molecular flexibility index (Phi) is 10.9. The zero-order chi connectivity index (χ0) is 30.2. The molecule has 3 aromatic carbocycles. The minimum atomic E-state index is -4.19. The minimum Gasteiger partial charge on any atom is -0.497 e. The summed E-state index contributed by atoms with van der Waals surface area (Å²) >= 11 is 0. The first-order chi connectivity index (χ1) is 19.5. The first kappa shape index (κ1) is 31.6. The molecule has 3 aromatic rings. The van der Waals surface area contributed by atoms with Gasteiger partial charge in [-0.1, -0.05) is 43.7 Å². The van der Waals surface area contributed by atoms with Gasteiger partial charge in [-0.05, 0) is 80.8 Å². The van der Waals surface area contributed by atoms with E-state index < -0.39 is 34.3 Å². The summed E-state index contributed by atoms with van der Waals surface area (Å²) in [7, 11) is -2.71. The number of benzene rings is 3. The highest BCUT2D eigenvalue weighted by molar-refractivity contribution is 7.92. The number of carbonyl (C=O) groups excluding carboxylic acids is 2. The second-order valence-electron chi connectivity index (χ2n) is 9.91. The van der Waals surface area contributed by atoms with Gasteiger partial charge in [0.25, 0.3) is 10.0 Å². The van der Waals surface area contributed by atoms with Crippen molar-refractivity contribution < 1.29 is 27.1 Å². The smallest absolute Gasteiger partial charge is 0.264 e. The van der Waals surface area contributed by atoms with Gasteiger partial charge in [-0.3, -0.25) is 13.9 Å². The van der Waals surface area contributed by atoms with E-state index in [1.165, 1.54) is 48.4 Å². The van der Waals surface area contributed by atoms with Gasteiger partial charge in [-0.15, -0.1) is 0 Å². The molecule has 1 N–H and O–H groups in total. The second kappa shape index (κ2) is 14.1. The van der Waals surface area contributed by atoms with Gasteiger partial charge in [-0.25, -0.2) is 12.8 Å². The summed E-state index contributed by atoms with van der Waals surface area (Å²) in [5, 5.41) is 2.93. The van der Waals surface area contributed by atoms with Crippen LogP contribution >= 0.6 is 0 Å². The Bertz CT molecular complexity index is 1410. The number of nitrogens with zero attached hydrogens (tertiary/aromatic N) is 2. The summed E-state index contributed by atoms with van der Waals surface area (Å²) < 4.78 is 47.7. The normalized spacial score (nSPS) is 12.7. The molecule has 0 aliphatic carbocycles. The van der Waals surface area contributed by atoms with Crippen molar-refractivity contribution in [1.29, 1.82) is 0 Å². The molecule has 0 radical (unpaired) electrons. The second-order valence-corrected chi connectivity index (χ2v) is 11.8. The molecule has 0 heterocycles. The Morgan fingerprint density at radius 2 is 1.54 bits per heavy atom. The molecule has 0 aromatic heterocycles. The van der Waals surface area contributed by atoms with Gasteiger partial charge in [0.1, 0.15) is 24.2 Å². The van der Waals surface area contributed by atoms with Crippen LogP contribution in [0.5, 0.6) is 5.75 Å². The SMILES string of the molecule is CC[C@H](C(=O)N[C@@H](C)CC)N(Cc1ccc(F)cc1)C(=O)CN(c1ccc(C)cc1)S(=O)(=O)c1ccc(OC)cc1. The van der Waals surface area contributed by atoms with E-state index in [2.05, 4.69) is 5.32 Å². The highest BCUT2D eigenvalue weighted by Crippen LogP contribution is 2.26. The highest BCUT2D eigenvalue weighted by Gasteiger charge is 2.34. The molecule has 0 bridgehead atoms. The number of sulfonamides is 1. The van der Waals surface area contributed by atoms with Gasteiger partial charge in [0.2, 0.25) is 11.8 Å². The Morgan fingerprint density at radius 1 is 0.927 bits per heavy atom. The zero-order valence-electron chi connectivity index (χ0n) is 24.1. The average molecular weight is 584 g/mol. The molecule has 0 fully saturated rings. The minimum absolute atomic E-state index is 0.00410. The molecule has 0 aliphatic heterocycles. The third-order valence-corrected chi connectivity index (χ3v) is 8.69. The monoisotopic (exact) mass is 583 g/mol. The molecule has 0 aliphatic rings. The van der Waals surface area contributed by atoms with Crippen molar-refractivity contribution in [3.8, 4) is 5.75 Å². The van der Waals surface area contributed by atoms with Crippen molar-refractivity contribution in [2.45, 2.75) is 64.1 Å². The number of aryl methyl sites for hydroxylation is 1. The van der Waals surface area contributed by atoms with Crippen LogP contribution in [0.4, 0.5) is 10.1 Å². The molecule has 10 heteroatoms. The van der Waals surface area contributed by atoms with Crippen molar-refractivity contribution in [3.05, 3.63) is 89.7 Å². The Balaban J connectivity index is 2.05. The average Bonchev–Trinajstić information content (AvgIpc) is 2.97. The predicted octanol–water partition coefficient (Wildman–Crippen LogP) is 5.06. The van der Waals surface area contributed by atoms with Crippen molar-refractivity contribution >= 4 is 27.5 Å². The number of methoxy groups -OCH3 is 1. The van der Waals surface area contributed by atoms with Crippen LogP contribution in [0.15, 0.2) is 77.7 Å². The Morgan fingerprint density at radius 3 is 2.07 bits per heavy atom. The van der Waals surface area contributed by atoms with E-state index in [0.717, 1.165) is 9.87 Å². The van der Waals surface area contributed by atoms with E-state index in [-0.39, 0.29) is 23.4 Å². The van der Waals surface area contributed by atoms with E-state index in [1.54, 1.807) is 43.3 Å². The zero-order valence-corrected chi connectivity index (χ0v) is 24.9. The molecule has 3 rings (SSSR count). The van der Waals surface area contributed by atoms with Crippen LogP contribution in [0.2, 0.25) is 0 Å². The number of carbonyl (C=O) groups is 2. The van der Waals surface area contributed by atoms with Crippen molar-refractivity contribution in [1.82, 2.24) is 10.2 Å². The summed E-state index contributed by atoms with van der Waals surface area (Å²) in [5.41, 5.74) is 1.83. The van der Waals surface area contributed by atoms with Gasteiger partial charge in [0, 0.05) is 12.6 Å². The van der Waals surface area contributed by atoms with Gasteiger partial charge in [0.05, 0.1) is 17.7 Å². The number of nitrogens with one attached hydrogen (secondary N) is 1. The van der Waals surface area contributed by atoms with E-state index >= 15 is 0 Å². The number of halogens is 1. The van der Waals surface area contributed by atoms with Crippen LogP contribution in [0.25, 0.3) is 0 Å². The number of hydrogen-bond donors (Lipinski definition) is 1. The number of ether oxygens (including phenoxy) is 1. The van der Waals surface area contributed by atoms with Crippen LogP contribution in [0, 0.1) is 12.7 Å². The molecule has 220 valence electrons. The Hall–Kier alpha value is -3.92. The highest BCUT2D eigenvalue weighted by atomic mass is 32.2. The van der Waals surface area contributed by atoms with Crippen LogP contribution < -0.4 is 14.4 Å². The third-order valence-electron chi connectivity index (χ3n) is 6.90. The molecule has 41 heavy (non-hydrogen) atoms. The van der Waals surface area contributed by atoms with E-state index in [9.17, 15) is 22.4 Å². The molecular weight excluding hydrogens is 545 g/mol.